The zero-order valence-corrected chi connectivity index (χ0v) is 40.9. The maximum atomic E-state index is 12.8. The molecule has 0 aromatic heterocycles. The minimum atomic E-state index is -0.786. The number of unbranched alkanes of at least 4 members (excludes halogenated alkanes) is 26. The van der Waals surface area contributed by atoms with Gasteiger partial charge in [-0.15, -0.1) is 0 Å². The molecule has 0 radical (unpaired) electrons. The summed E-state index contributed by atoms with van der Waals surface area (Å²) in [7, 11) is 0. The van der Waals surface area contributed by atoms with E-state index in [1.54, 1.807) is 0 Å². The van der Waals surface area contributed by atoms with Gasteiger partial charge in [-0.1, -0.05) is 216 Å². The average molecular weight is 867 g/mol. The molecular formula is C56H98O6. The van der Waals surface area contributed by atoms with E-state index in [1.165, 1.54) is 128 Å². The van der Waals surface area contributed by atoms with Gasteiger partial charge in [0.25, 0.3) is 0 Å². The molecule has 0 heterocycles. The molecule has 0 aliphatic heterocycles. The van der Waals surface area contributed by atoms with Gasteiger partial charge in [-0.25, -0.2) is 0 Å². The molecule has 0 amide bonds. The second kappa shape index (κ2) is 50.8. The van der Waals surface area contributed by atoms with Crippen LogP contribution in [-0.2, 0) is 28.6 Å². The summed E-state index contributed by atoms with van der Waals surface area (Å²) >= 11 is 0. The molecule has 1 atom stereocenters. The van der Waals surface area contributed by atoms with Gasteiger partial charge < -0.3 is 14.2 Å². The molecule has 6 nitrogen and oxygen atoms in total. The fourth-order valence-electron chi connectivity index (χ4n) is 7.31. The van der Waals surface area contributed by atoms with Crippen molar-refractivity contribution in [1.82, 2.24) is 0 Å². The summed E-state index contributed by atoms with van der Waals surface area (Å²) in [5.41, 5.74) is 0. The molecule has 0 aliphatic rings. The highest BCUT2D eigenvalue weighted by molar-refractivity contribution is 5.71. The number of rotatable bonds is 47. The third-order valence-corrected chi connectivity index (χ3v) is 11.3. The Labute approximate surface area is 383 Å². The summed E-state index contributed by atoms with van der Waals surface area (Å²) in [5.74, 6) is -0.915. The first kappa shape index (κ1) is 59.1. The van der Waals surface area contributed by atoms with Crippen LogP contribution in [0.3, 0.4) is 0 Å². The van der Waals surface area contributed by atoms with E-state index in [1.807, 2.05) is 0 Å². The van der Waals surface area contributed by atoms with Crippen molar-refractivity contribution < 1.29 is 28.6 Å². The molecule has 0 rings (SSSR count). The molecule has 62 heavy (non-hydrogen) atoms. The smallest absolute Gasteiger partial charge is 0.306 e. The molecule has 0 spiro atoms. The Morgan fingerprint density at radius 1 is 0.339 bits per heavy atom. The van der Waals surface area contributed by atoms with E-state index in [-0.39, 0.29) is 31.1 Å². The van der Waals surface area contributed by atoms with Gasteiger partial charge in [0.2, 0.25) is 0 Å². The van der Waals surface area contributed by atoms with E-state index >= 15 is 0 Å². The second-order valence-corrected chi connectivity index (χ2v) is 17.4. The number of hydrogen-bond donors (Lipinski definition) is 0. The third-order valence-electron chi connectivity index (χ3n) is 11.3. The molecule has 0 saturated carbocycles. The lowest BCUT2D eigenvalue weighted by Gasteiger charge is -2.18. The second-order valence-electron chi connectivity index (χ2n) is 17.4. The number of hydrogen-bond acceptors (Lipinski definition) is 6. The van der Waals surface area contributed by atoms with Crippen LogP contribution in [0.25, 0.3) is 0 Å². The summed E-state index contributed by atoms with van der Waals surface area (Å²) in [5, 5.41) is 0. The van der Waals surface area contributed by atoms with Crippen molar-refractivity contribution in [2.24, 2.45) is 0 Å². The maximum absolute atomic E-state index is 12.8. The van der Waals surface area contributed by atoms with Crippen LogP contribution in [0, 0.1) is 0 Å². The lowest BCUT2D eigenvalue weighted by Crippen LogP contribution is -2.30. The summed E-state index contributed by atoms with van der Waals surface area (Å²) in [6, 6.07) is 0. The van der Waals surface area contributed by atoms with Gasteiger partial charge >= 0.3 is 17.9 Å². The molecule has 0 saturated heterocycles. The molecular weight excluding hydrogens is 769 g/mol. The Bertz CT molecular complexity index is 1130. The fraction of sp³-hybridized carbons (Fsp3) is 0.768. The van der Waals surface area contributed by atoms with Crippen molar-refractivity contribution in [2.45, 2.75) is 264 Å². The van der Waals surface area contributed by atoms with Crippen molar-refractivity contribution >= 4 is 17.9 Å². The van der Waals surface area contributed by atoms with Crippen LogP contribution in [0.2, 0.25) is 0 Å². The van der Waals surface area contributed by atoms with E-state index < -0.39 is 6.10 Å². The first-order valence-corrected chi connectivity index (χ1v) is 26.3. The lowest BCUT2D eigenvalue weighted by atomic mass is 10.0. The highest BCUT2D eigenvalue weighted by Gasteiger charge is 2.19. The van der Waals surface area contributed by atoms with Crippen LogP contribution in [0.4, 0.5) is 0 Å². The van der Waals surface area contributed by atoms with Crippen LogP contribution in [0.15, 0.2) is 60.8 Å². The summed E-state index contributed by atoms with van der Waals surface area (Å²) in [6.07, 6.45) is 62.0. The largest absolute Gasteiger partial charge is 0.462 e. The quantitative estimate of drug-likeness (QED) is 0.0262. The number of carbonyl (C=O) groups is 3. The van der Waals surface area contributed by atoms with Gasteiger partial charge in [0.1, 0.15) is 13.2 Å². The van der Waals surface area contributed by atoms with Crippen molar-refractivity contribution in [2.75, 3.05) is 13.2 Å². The first-order chi connectivity index (χ1) is 30.5. The molecule has 0 aromatic rings. The zero-order valence-electron chi connectivity index (χ0n) is 40.9. The van der Waals surface area contributed by atoms with E-state index in [2.05, 4.69) is 81.5 Å². The van der Waals surface area contributed by atoms with Gasteiger partial charge in [-0.2, -0.15) is 0 Å². The Kier molecular flexibility index (Phi) is 48.4. The summed E-state index contributed by atoms with van der Waals surface area (Å²) in [4.78, 5) is 38.0. The number of ether oxygens (including phenoxy) is 3. The lowest BCUT2D eigenvalue weighted by molar-refractivity contribution is -0.167. The van der Waals surface area contributed by atoms with Crippen LogP contribution < -0.4 is 0 Å². The zero-order chi connectivity index (χ0) is 45.1. The van der Waals surface area contributed by atoms with Crippen molar-refractivity contribution in [3.8, 4) is 0 Å². The van der Waals surface area contributed by atoms with Crippen molar-refractivity contribution in [1.29, 1.82) is 0 Å². The Balaban J connectivity index is 4.43. The Hall–Kier alpha value is -2.89. The third kappa shape index (κ3) is 48.1. The molecule has 358 valence electrons. The van der Waals surface area contributed by atoms with Crippen molar-refractivity contribution in [3.05, 3.63) is 60.8 Å². The minimum absolute atomic E-state index is 0.0841. The topological polar surface area (TPSA) is 78.9 Å². The highest BCUT2D eigenvalue weighted by Crippen LogP contribution is 2.15. The minimum Gasteiger partial charge on any atom is -0.462 e. The van der Waals surface area contributed by atoms with Gasteiger partial charge in [0.15, 0.2) is 6.10 Å². The van der Waals surface area contributed by atoms with Gasteiger partial charge in [-0.3, -0.25) is 14.4 Å². The van der Waals surface area contributed by atoms with Crippen LogP contribution in [0.1, 0.15) is 258 Å². The number of esters is 3. The molecule has 6 heteroatoms. The highest BCUT2D eigenvalue weighted by atomic mass is 16.6. The van der Waals surface area contributed by atoms with E-state index in [0.29, 0.717) is 19.3 Å². The van der Waals surface area contributed by atoms with Crippen LogP contribution in [0.5, 0.6) is 0 Å². The molecule has 0 N–H and O–H groups in total. The SMILES string of the molecule is CC/C=C\C/C=C\C/C=C\C/C=C\CCCCCC(=O)OCC(COC(=O)CCCCCCCCCCCCCCC)OC(=O)CCCCCCCCC/C=C\CCCCCC. The predicted molar refractivity (Wildman–Crippen MR) is 265 cm³/mol. The normalized spacial score (nSPS) is 12.5. The predicted octanol–water partition coefficient (Wildman–Crippen LogP) is 17.3. The molecule has 1 unspecified atom stereocenters. The number of allylic oxidation sites excluding steroid dienone is 10. The van der Waals surface area contributed by atoms with Gasteiger partial charge in [-0.05, 0) is 83.5 Å². The molecule has 0 fully saturated rings. The Morgan fingerprint density at radius 3 is 1.03 bits per heavy atom. The molecule has 0 aromatic carbocycles. The molecule has 0 bridgehead atoms. The maximum Gasteiger partial charge on any atom is 0.306 e. The van der Waals surface area contributed by atoms with E-state index in [4.69, 9.17) is 14.2 Å². The summed E-state index contributed by atoms with van der Waals surface area (Å²) < 4.78 is 16.8. The Morgan fingerprint density at radius 2 is 0.629 bits per heavy atom. The first-order valence-electron chi connectivity index (χ1n) is 26.3. The van der Waals surface area contributed by atoms with Gasteiger partial charge in [0.05, 0.1) is 0 Å². The van der Waals surface area contributed by atoms with E-state index in [9.17, 15) is 14.4 Å². The number of carbonyl (C=O) groups excluding carboxylic acids is 3. The summed E-state index contributed by atoms with van der Waals surface area (Å²) in [6.45, 7) is 6.49. The van der Waals surface area contributed by atoms with Gasteiger partial charge in [0, 0.05) is 19.3 Å². The van der Waals surface area contributed by atoms with Crippen LogP contribution in [-0.4, -0.2) is 37.2 Å². The standard InChI is InChI=1S/C56H98O6/c1-4-7-10-13-16-19-22-25-27-29-31-34-37-40-43-46-49-55(58)61-52-53(51-60-54(57)48-45-42-39-36-33-30-24-21-18-15-12-9-6-3)62-56(59)50-47-44-41-38-35-32-28-26-23-20-17-14-11-8-5-2/h7,10,16,19-20,23,25,27,31,34,53H,4-6,8-9,11-15,17-18,21-22,24,26,28-30,32-33,35-52H2,1-3H3/b10-7-,19-16-,23-20-,27-25-,34-31-. The van der Waals surface area contributed by atoms with Crippen LogP contribution >= 0.6 is 0 Å². The van der Waals surface area contributed by atoms with Crippen molar-refractivity contribution in [3.63, 3.8) is 0 Å². The average Bonchev–Trinajstić information content (AvgIpc) is 3.27. The van der Waals surface area contributed by atoms with E-state index in [0.717, 1.165) is 89.9 Å². The monoisotopic (exact) mass is 867 g/mol. The molecule has 0 aliphatic carbocycles. The fourth-order valence-corrected chi connectivity index (χ4v) is 7.31.